The van der Waals surface area contributed by atoms with E-state index in [4.69, 9.17) is 4.65 Å². The molecular formula is C17H24BN3O4. The Kier molecular flexibility index (Phi) is 5.01. The number of carbonyl (C=O) groups is 2. The Morgan fingerprint density at radius 1 is 1.32 bits per heavy atom. The third-order valence-corrected chi connectivity index (χ3v) is 4.54. The van der Waals surface area contributed by atoms with Crippen LogP contribution >= 0.6 is 0 Å². The summed E-state index contributed by atoms with van der Waals surface area (Å²) in [5.41, 5.74) is 1.82. The van der Waals surface area contributed by atoms with E-state index in [9.17, 15) is 14.6 Å². The monoisotopic (exact) mass is 345 g/mol. The summed E-state index contributed by atoms with van der Waals surface area (Å²) in [7, 11) is -1.01. The number of hydrogen-bond donors (Lipinski definition) is 3. The van der Waals surface area contributed by atoms with Crippen molar-refractivity contribution < 1.29 is 19.3 Å². The first kappa shape index (κ1) is 17.8. The number of nitrogens with one attached hydrogen (secondary N) is 2. The first-order valence-corrected chi connectivity index (χ1v) is 8.65. The van der Waals surface area contributed by atoms with Gasteiger partial charge in [0.05, 0.1) is 12.1 Å². The van der Waals surface area contributed by atoms with E-state index in [0.717, 1.165) is 31.5 Å². The Balaban J connectivity index is 1.57. The van der Waals surface area contributed by atoms with Crippen LogP contribution in [0, 0.1) is 0 Å². The number of benzene rings is 1. The van der Waals surface area contributed by atoms with Crippen molar-refractivity contribution in [1.29, 1.82) is 0 Å². The lowest BCUT2D eigenvalue weighted by Gasteiger charge is -2.34. The average molecular weight is 345 g/mol. The van der Waals surface area contributed by atoms with Crippen LogP contribution in [-0.4, -0.2) is 54.2 Å². The maximum atomic E-state index is 12.0. The van der Waals surface area contributed by atoms with Crippen LogP contribution in [0.4, 0.5) is 10.5 Å². The second-order valence-electron chi connectivity index (χ2n) is 7.22. The fourth-order valence-corrected chi connectivity index (χ4v) is 3.32. The minimum atomic E-state index is -1.01. The van der Waals surface area contributed by atoms with Crippen molar-refractivity contribution >= 4 is 30.2 Å². The Morgan fingerprint density at radius 3 is 2.76 bits per heavy atom. The number of hydrogen-bond acceptors (Lipinski definition) is 4. The van der Waals surface area contributed by atoms with Gasteiger partial charge in [0.1, 0.15) is 0 Å². The maximum absolute atomic E-state index is 12.0. The van der Waals surface area contributed by atoms with Gasteiger partial charge in [-0.05, 0) is 56.3 Å². The predicted octanol–water partition coefficient (Wildman–Crippen LogP) is 0.469. The molecule has 3 amide bonds. The molecule has 3 N–H and O–H groups in total. The van der Waals surface area contributed by atoms with Crippen molar-refractivity contribution in [1.82, 2.24) is 10.2 Å². The molecule has 2 aliphatic rings. The molecule has 1 aromatic rings. The van der Waals surface area contributed by atoms with Gasteiger partial charge < -0.3 is 25.2 Å². The molecule has 0 bridgehead atoms. The number of urea groups is 1. The Hall–Kier alpha value is -2.06. The van der Waals surface area contributed by atoms with Crippen molar-refractivity contribution in [2.45, 2.75) is 38.7 Å². The zero-order valence-electron chi connectivity index (χ0n) is 14.7. The molecule has 0 unspecified atom stereocenters. The highest BCUT2D eigenvalue weighted by atomic mass is 16.5. The lowest BCUT2D eigenvalue weighted by Crippen LogP contribution is -2.50. The number of rotatable bonds is 3. The molecule has 0 atom stereocenters. The van der Waals surface area contributed by atoms with Crippen molar-refractivity contribution in [2.75, 3.05) is 25.0 Å². The van der Waals surface area contributed by atoms with Crippen molar-refractivity contribution in [3.8, 4) is 0 Å². The van der Waals surface area contributed by atoms with Gasteiger partial charge in [-0.25, -0.2) is 4.79 Å². The van der Waals surface area contributed by atoms with Gasteiger partial charge in [-0.1, -0.05) is 6.07 Å². The van der Waals surface area contributed by atoms with Gasteiger partial charge in [0.2, 0.25) is 5.91 Å². The quantitative estimate of drug-likeness (QED) is 0.695. The van der Waals surface area contributed by atoms with Gasteiger partial charge in [0, 0.05) is 18.8 Å². The summed E-state index contributed by atoms with van der Waals surface area (Å²) >= 11 is 0. The molecule has 0 radical (unpaired) electrons. The molecule has 1 aromatic carbocycles. The zero-order chi connectivity index (χ0) is 18.0. The van der Waals surface area contributed by atoms with Crippen LogP contribution in [0.25, 0.3) is 0 Å². The molecule has 134 valence electrons. The van der Waals surface area contributed by atoms with E-state index in [1.165, 1.54) is 0 Å². The Morgan fingerprint density at radius 2 is 2.04 bits per heavy atom. The SMILES string of the molecule is CC1(C)Cc2ccc(NC(=O)CNC(=O)N3CCCC3)cc2B(O)O1. The summed E-state index contributed by atoms with van der Waals surface area (Å²) in [6.45, 7) is 5.26. The molecule has 2 heterocycles. The van der Waals surface area contributed by atoms with Gasteiger partial charge in [0.15, 0.2) is 0 Å². The molecular weight excluding hydrogens is 321 g/mol. The molecule has 8 heteroatoms. The van der Waals surface area contributed by atoms with Crippen molar-refractivity contribution in [2.24, 2.45) is 0 Å². The average Bonchev–Trinajstić information content (AvgIpc) is 3.07. The van der Waals surface area contributed by atoms with Gasteiger partial charge in [0.25, 0.3) is 0 Å². The first-order chi connectivity index (χ1) is 11.8. The molecule has 2 aliphatic heterocycles. The maximum Gasteiger partial charge on any atom is 0.491 e. The summed E-state index contributed by atoms with van der Waals surface area (Å²) in [5.74, 6) is -0.306. The summed E-state index contributed by atoms with van der Waals surface area (Å²) < 4.78 is 5.58. The second kappa shape index (κ2) is 7.05. The topological polar surface area (TPSA) is 90.9 Å². The van der Waals surface area contributed by atoms with E-state index in [2.05, 4.69) is 10.6 Å². The van der Waals surface area contributed by atoms with Crippen LogP contribution in [0.15, 0.2) is 18.2 Å². The van der Waals surface area contributed by atoms with Gasteiger partial charge in [-0.15, -0.1) is 0 Å². The van der Waals surface area contributed by atoms with E-state index < -0.39 is 12.7 Å². The van der Waals surface area contributed by atoms with E-state index in [1.54, 1.807) is 17.0 Å². The fraction of sp³-hybridized carbons (Fsp3) is 0.529. The molecule has 7 nitrogen and oxygen atoms in total. The molecule has 1 fully saturated rings. The van der Waals surface area contributed by atoms with Crippen LogP contribution in [0.2, 0.25) is 0 Å². The van der Waals surface area contributed by atoms with Crippen LogP contribution in [0.3, 0.4) is 0 Å². The first-order valence-electron chi connectivity index (χ1n) is 8.65. The van der Waals surface area contributed by atoms with Gasteiger partial charge in [-0.2, -0.15) is 0 Å². The number of nitrogens with zero attached hydrogens (tertiary/aromatic N) is 1. The highest BCUT2D eigenvalue weighted by Gasteiger charge is 2.35. The minimum Gasteiger partial charge on any atom is -0.423 e. The largest absolute Gasteiger partial charge is 0.491 e. The summed E-state index contributed by atoms with van der Waals surface area (Å²) in [6.07, 6.45) is 2.71. The van der Waals surface area contributed by atoms with Crippen LogP contribution in [-0.2, 0) is 15.9 Å². The molecule has 0 aliphatic carbocycles. The lowest BCUT2D eigenvalue weighted by molar-refractivity contribution is -0.115. The van der Waals surface area contributed by atoms with Crippen molar-refractivity contribution in [3.05, 3.63) is 23.8 Å². The molecule has 1 saturated heterocycles. The highest BCUT2D eigenvalue weighted by molar-refractivity contribution is 6.61. The van der Waals surface area contributed by atoms with E-state index >= 15 is 0 Å². The summed E-state index contributed by atoms with van der Waals surface area (Å²) in [5, 5.41) is 15.5. The summed E-state index contributed by atoms with van der Waals surface area (Å²) in [4.78, 5) is 25.6. The number of fused-ring (bicyclic) bond motifs is 1. The number of amides is 3. The molecule has 0 aromatic heterocycles. The van der Waals surface area contributed by atoms with Crippen LogP contribution in [0.1, 0.15) is 32.3 Å². The van der Waals surface area contributed by atoms with E-state index in [0.29, 0.717) is 17.6 Å². The van der Waals surface area contributed by atoms with Crippen molar-refractivity contribution in [3.63, 3.8) is 0 Å². The minimum absolute atomic E-state index is 0.0848. The highest BCUT2D eigenvalue weighted by Crippen LogP contribution is 2.23. The Bertz CT molecular complexity index is 674. The number of carbonyl (C=O) groups excluding carboxylic acids is 2. The van der Waals surface area contributed by atoms with E-state index in [1.807, 2.05) is 19.9 Å². The lowest BCUT2D eigenvalue weighted by atomic mass is 9.70. The van der Waals surface area contributed by atoms with Gasteiger partial charge in [-0.3, -0.25) is 4.79 Å². The van der Waals surface area contributed by atoms with Crippen LogP contribution < -0.4 is 16.1 Å². The Labute approximate surface area is 147 Å². The smallest absolute Gasteiger partial charge is 0.423 e. The number of likely N-dealkylation sites (tertiary alicyclic amines) is 1. The molecule has 0 saturated carbocycles. The zero-order valence-corrected chi connectivity index (χ0v) is 14.7. The molecule has 25 heavy (non-hydrogen) atoms. The normalized spacial score (nSPS) is 18.7. The van der Waals surface area contributed by atoms with Crippen LogP contribution in [0.5, 0.6) is 0 Å². The fourth-order valence-electron chi connectivity index (χ4n) is 3.32. The molecule has 0 spiro atoms. The standard InChI is InChI=1S/C17H24BN3O4/c1-17(2)10-12-5-6-13(9-14(12)18(24)25-17)20-15(22)11-19-16(23)21-7-3-4-8-21/h5-6,9,24H,3-4,7-8,10-11H2,1-2H3,(H,19,23)(H,20,22). The van der Waals surface area contributed by atoms with E-state index in [-0.39, 0.29) is 18.5 Å². The third kappa shape index (κ3) is 4.32. The van der Waals surface area contributed by atoms with Gasteiger partial charge >= 0.3 is 13.1 Å². The molecule has 3 rings (SSSR count). The number of anilines is 1. The second-order valence-corrected chi connectivity index (χ2v) is 7.22. The third-order valence-electron chi connectivity index (χ3n) is 4.54. The summed E-state index contributed by atoms with van der Waals surface area (Å²) in [6, 6.07) is 5.20. The predicted molar refractivity (Wildman–Crippen MR) is 95.8 cm³/mol.